The molecule has 2 aliphatic rings. The number of rotatable bonds is 5. The average molecular weight is 425 g/mol. The van der Waals surface area contributed by atoms with E-state index in [1.165, 1.54) is 0 Å². The van der Waals surface area contributed by atoms with E-state index in [0.29, 0.717) is 29.8 Å². The number of imidazole rings is 1. The molecule has 1 aromatic heterocycles. The maximum Gasteiger partial charge on any atom is 0.253 e. The predicted octanol–water partition coefficient (Wildman–Crippen LogP) is 3.79. The molecule has 8 heteroatoms. The van der Waals surface area contributed by atoms with Gasteiger partial charge in [-0.2, -0.15) is 0 Å². The van der Waals surface area contributed by atoms with Gasteiger partial charge in [0.05, 0.1) is 40.8 Å². The molecule has 1 saturated heterocycles. The van der Waals surface area contributed by atoms with Crippen molar-refractivity contribution in [1.82, 2.24) is 9.55 Å². The number of amides is 2. The van der Waals surface area contributed by atoms with Gasteiger partial charge in [0.15, 0.2) is 0 Å². The normalized spacial score (nSPS) is 20.7. The van der Waals surface area contributed by atoms with Crippen LogP contribution in [0.1, 0.15) is 25.3 Å². The second-order valence-corrected chi connectivity index (χ2v) is 8.01. The van der Waals surface area contributed by atoms with E-state index in [-0.39, 0.29) is 24.3 Å². The molecule has 0 unspecified atom stereocenters. The molecule has 0 spiro atoms. The third-order valence-corrected chi connectivity index (χ3v) is 5.95. The van der Waals surface area contributed by atoms with Crippen LogP contribution in [0.2, 0.25) is 5.02 Å². The lowest BCUT2D eigenvalue weighted by atomic mass is 10.1. The van der Waals surface area contributed by atoms with E-state index in [9.17, 15) is 9.59 Å². The summed E-state index contributed by atoms with van der Waals surface area (Å²) in [6.45, 7) is 1.16. The number of benzene rings is 2. The first-order valence-corrected chi connectivity index (χ1v) is 10.4. The van der Waals surface area contributed by atoms with Crippen LogP contribution in [-0.4, -0.2) is 40.6 Å². The summed E-state index contributed by atoms with van der Waals surface area (Å²) in [6.07, 6.45) is 1.91. The Morgan fingerprint density at radius 2 is 2.00 bits per heavy atom. The van der Waals surface area contributed by atoms with E-state index in [1.54, 1.807) is 29.2 Å². The summed E-state index contributed by atoms with van der Waals surface area (Å²) in [4.78, 5) is 32.5. The van der Waals surface area contributed by atoms with Crippen molar-refractivity contribution < 1.29 is 14.3 Å². The monoisotopic (exact) mass is 424 g/mol. The summed E-state index contributed by atoms with van der Waals surface area (Å²) >= 11 is 6.15. The molecule has 154 valence electrons. The first-order chi connectivity index (χ1) is 14.6. The third-order valence-electron chi connectivity index (χ3n) is 5.62. The quantitative estimate of drug-likeness (QED) is 0.676. The number of hydrogen-bond acceptors (Lipinski definition) is 4. The molecule has 2 aliphatic heterocycles. The summed E-state index contributed by atoms with van der Waals surface area (Å²) in [5.41, 5.74) is 2.17. The highest BCUT2D eigenvalue weighted by Crippen LogP contribution is 2.37. The zero-order valence-corrected chi connectivity index (χ0v) is 17.0. The van der Waals surface area contributed by atoms with E-state index in [4.69, 9.17) is 16.3 Å². The molecule has 30 heavy (non-hydrogen) atoms. The zero-order chi connectivity index (χ0) is 20.7. The lowest BCUT2D eigenvalue weighted by molar-refractivity contribution is -0.124. The molecule has 2 atom stereocenters. The molecule has 2 aromatic carbocycles. The van der Waals surface area contributed by atoms with E-state index in [2.05, 4.69) is 10.3 Å². The van der Waals surface area contributed by atoms with Crippen LogP contribution in [0.3, 0.4) is 0 Å². The van der Waals surface area contributed by atoms with Crippen LogP contribution in [0.15, 0.2) is 48.5 Å². The van der Waals surface area contributed by atoms with E-state index < -0.39 is 6.04 Å². The van der Waals surface area contributed by atoms with Crippen LogP contribution in [-0.2, 0) is 14.3 Å². The number of carbonyl (C=O) groups excluding carboxylic acids is 2. The first-order valence-electron chi connectivity index (χ1n) is 10.1. The fourth-order valence-corrected chi connectivity index (χ4v) is 4.38. The molecule has 1 fully saturated rings. The molecule has 5 rings (SSSR count). The Hall–Kier alpha value is -2.90. The number of anilines is 2. The number of halogens is 1. The molecular weight excluding hydrogens is 404 g/mol. The van der Waals surface area contributed by atoms with Crippen molar-refractivity contribution in [3.8, 4) is 0 Å². The van der Waals surface area contributed by atoms with E-state index in [0.717, 1.165) is 23.9 Å². The summed E-state index contributed by atoms with van der Waals surface area (Å²) in [5.74, 6) is 0.171. The standard InChI is InChI=1S/C22H21ClN4O3/c23-15-7-1-2-8-16(15)24-20(28)12-19-21(29)26(13-14-6-5-11-30-14)22-25-17-9-3-4-10-18(17)27(19)22/h1-4,7-10,14,19H,5-6,11-13H2,(H,24,28)/t14-,19+/m0/s1. The molecule has 2 amide bonds. The van der Waals surface area contributed by atoms with Crippen LogP contribution in [0.25, 0.3) is 11.0 Å². The van der Waals surface area contributed by atoms with Gasteiger partial charge in [0.2, 0.25) is 11.9 Å². The van der Waals surface area contributed by atoms with Crippen LogP contribution in [0.5, 0.6) is 0 Å². The van der Waals surface area contributed by atoms with Crippen molar-refractivity contribution in [2.45, 2.75) is 31.4 Å². The number of nitrogens with zero attached hydrogens (tertiary/aromatic N) is 3. The van der Waals surface area contributed by atoms with Gasteiger partial charge in [0.25, 0.3) is 5.91 Å². The number of fused-ring (bicyclic) bond motifs is 3. The SMILES string of the molecule is O=C(C[C@@H]1C(=O)N(C[C@@H]2CCCO2)c2nc3ccccc3n21)Nc1ccccc1Cl. The molecule has 1 N–H and O–H groups in total. The lowest BCUT2D eigenvalue weighted by Crippen LogP contribution is -2.37. The van der Waals surface area contributed by atoms with Gasteiger partial charge in [-0.25, -0.2) is 4.98 Å². The largest absolute Gasteiger partial charge is 0.376 e. The van der Waals surface area contributed by atoms with Gasteiger partial charge < -0.3 is 10.1 Å². The van der Waals surface area contributed by atoms with Crippen LogP contribution < -0.4 is 10.2 Å². The van der Waals surface area contributed by atoms with Crippen LogP contribution in [0.4, 0.5) is 11.6 Å². The van der Waals surface area contributed by atoms with Gasteiger partial charge in [0.1, 0.15) is 6.04 Å². The minimum absolute atomic E-state index is 0.000561. The minimum atomic E-state index is -0.656. The highest BCUT2D eigenvalue weighted by atomic mass is 35.5. The topological polar surface area (TPSA) is 76.5 Å². The number of carbonyl (C=O) groups is 2. The van der Waals surface area contributed by atoms with E-state index >= 15 is 0 Å². The zero-order valence-electron chi connectivity index (χ0n) is 16.3. The van der Waals surface area contributed by atoms with Gasteiger partial charge in [0, 0.05) is 6.61 Å². The highest BCUT2D eigenvalue weighted by molar-refractivity contribution is 6.33. The smallest absolute Gasteiger partial charge is 0.253 e. The van der Waals surface area contributed by atoms with Crippen molar-refractivity contribution >= 4 is 46.1 Å². The predicted molar refractivity (Wildman–Crippen MR) is 115 cm³/mol. The second-order valence-electron chi connectivity index (χ2n) is 7.60. The molecule has 3 heterocycles. The van der Waals surface area contributed by atoms with Gasteiger partial charge in [-0.3, -0.25) is 19.1 Å². The molecule has 7 nitrogen and oxygen atoms in total. The van der Waals surface area contributed by atoms with Gasteiger partial charge in [-0.05, 0) is 37.1 Å². The summed E-state index contributed by atoms with van der Waals surface area (Å²) in [5, 5.41) is 3.27. The third kappa shape index (κ3) is 3.34. The van der Waals surface area contributed by atoms with Crippen molar-refractivity contribution in [3.63, 3.8) is 0 Å². The number of para-hydroxylation sites is 3. The van der Waals surface area contributed by atoms with Crippen molar-refractivity contribution in [2.24, 2.45) is 0 Å². The minimum Gasteiger partial charge on any atom is -0.376 e. The molecular formula is C22H21ClN4O3. The van der Waals surface area contributed by atoms with E-state index in [1.807, 2.05) is 28.8 Å². The van der Waals surface area contributed by atoms with Gasteiger partial charge in [-0.1, -0.05) is 35.9 Å². The summed E-state index contributed by atoms with van der Waals surface area (Å²) in [6, 6.07) is 14.0. The number of aromatic nitrogens is 2. The fourth-order valence-electron chi connectivity index (χ4n) is 4.20. The molecule has 0 aliphatic carbocycles. The Kier molecular flexibility index (Phi) is 4.92. The van der Waals surface area contributed by atoms with Crippen LogP contribution in [0, 0.1) is 0 Å². The second kappa shape index (κ2) is 7.74. The summed E-state index contributed by atoms with van der Waals surface area (Å²) in [7, 11) is 0. The molecule has 0 radical (unpaired) electrons. The molecule has 0 saturated carbocycles. The van der Waals surface area contributed by atoms with Gasteiger partial charge in [-0.15, -0.1) is 0 Å². The Morgan fingerprint density at radius 1 is 1.20 bits per heavy atom. The van der Waals surface area contributed by atoms with Crippen LogP contribution >= 0.6 is 11.6 Å². The Labute approximate surface area is 178 Å². The number of hydrogen-bond donors (Lipinski definition) is 1. The van der Waals surface area contributed by atoms with Crippen molar-refractivity contribution in [1.29, 1.82) is 0 Å². The Morgan fingerprint density at radius 3 is 2.80 bits per heavy atom. The molecule has 3 aromatic rings. The van der Waals surface area contributed by atoms with Gasteiger partial charge >= 0.3 is 0 Å². The molecule has 0 bridgehead atoms. The lowest BCUT2D eigenvalue weighted by Gasteiger charge is -2.19. The highest BCUT2D eigenvalue weighted by Gasteiger charge is 2.42. The average Bonchev–Trinajstić information content (AvgIpc) is 3.44. The van der Waals surface area contributed by atoms with Crippen molar-refractivity contribution in [2.75, 3.05) is 23.4 Å². The van der Waals surface area contributed by atoms with Crippen molar-refractivity contribution in [3.05, 3.63) is 53.6 Å². The number of ether oxygens (including phenoxy) is 1. The maximum atomic E-state index is 13.3. The summed E-state index contributed by atoms with van der Waals surface area (Å²) < 4.78 is 7.61. The Balaban J connectivity index is 1.45. The Bertz CT molecular complexity index is 1120. The fraction of sp³-hybridized carbons (Fsp3) is 0.318. The maximum absolute atomic E-state index is 13.3. The number of nitrogens with one attached hydrogen (secondary N) is 1. The first kappa shape index (κ1) is 19.1.